The van der Waals surface area contributed by atoms with Crippen LogP contribution < -0.4 is 5.32 Å². The van der Waals surface area contributed by atoms with Gasteiger partial charge in [-0.25, -0.2) is 4.39 Å². The van der Waals surface area contributed by atoms with Gasteiger partial charge in [0.25, 0.3) is 0 Å². The molecule has 8 atom stereocenters. The Morgan fingerprint density at radius 3 is 2.63 bits per heavy atom. The zero-order chi connectivity index (χ0) is 21.0. The Kier molecular flexibility index (Phi) is 5.22. The van der Waals surface area contributed by atoms with E-state index in [1.165, 1.54) is 57.4 Å². The first-order chi connectivity index (χ1) is 14.4. The van der Waals surface area contributed by atoms with E-state index in [4.69, 9.17) is 0 Å². The third-order valence-corrected chi connectivity index (χ3v) is 9.92. The van der Waals surface area contributed by atoms with E-state index in [0.29, 0.717) is 11.6 Å². The Balaban J connectivity index is 1.32. The van der Waals surface area contributed by atoms with Gasteiger partial charge in [0, 0.05) is 5.92 Å². The number of fused-ring (bicyclic) bond motifs is 5. The fourth-order valence-electron chi connectivity index (χ4n) is 8.46. The van der Waals surface area contributed by atoms with Gasteiger partial charge in [0.15, 0.2) is 0 Å². The van der Waals surface area contributed by atoms with Crippen LogP contribution in [-0.2, 0) is 4.79 Å². The van der Waals surface area contributed by atoms with Crippen molar-refractivity contribution in [2.24, 2.45) is 46.8 Å². The Hall–Kier alpha value is -1.38. The molecule has 4 fully saturated rings. The van der Waals surface area contributed by atoms with Crippen LogP contribution in [0.4, 0.5) is 10.1 Å². The Bertz CT molecular complexity index is 821. The summed E-state index contributed by atoms with van der Waals surface area (Å²) in [5, 5.41) is 2.95. The van der Waals surface area contributed by atoms with Crippen LogP contribution in [0.25, 0.3) is 0 Å². The molecule has 1 aromatic rings. The number of anilines is 1. The Labute approximate surface area is 181 Å². The van der Waals surface area contributed by atoms with Gasteiger partial charge in [-0.3, -0.25) is 4.79 Å². The highest BCUT2D eigenvalue weighted by molar-refractivity contribution is 5.93. The molecular weight excluding hydrogens is 373 g/mol. The van der Waals surface area contributed by atoms with Crippen LogP contribution in [0, 0.1) is 59.6 Å². The molecule has 4 aliphatic rings. The lowest BCUT2D eigenvalue weighted by molar-refractivity contribution is -0.127. The second-order valence-corrected chi connectivity index (χ2v) is 11.5. The summed E-state index contributed by atoms with van der Waals surface area (Å²) in [6.07, 6.45) is 11.7. The van der Waals surface area contributed by atoms with Crippen molar-refractivity contribution in [2.75, 3.05) is 5.32 Å². The number of amides is 1. The summed E-state index contributed by atoms with van der Waals surface area (Å²) in [7, 11) is 0. The monoisotopic (exact) mass is 411 g/mol. The van der Waals surface area contributed by atoms with Crippen LogP contribution in [0.2, 0.25) is 0 Å². The predicted octanol–water partition coefficient (Wildman–Crippen LogP) is 6.98. The number of rotatable bonds is 2. The molecule has 164 valence electrons. The van der Waals surface area contributed by atoms with E-state index in [1.807, 2.05) is 13.0 Å². The quantitative estimate of drug-likeness (QED) is 0.559. The highest BCUT2D eigenvalue weighted by Crippen LogP contribution is 2.64. The normalized spacial score (nSPS) is 42.7. The van der Waals surface area contributed by atoms with E-state index in [9.17, 15) is 9.18 Å². The molecule has 0 radical (unpaired) electrons. The highest BCUT2D eigenvalue weighted by Gasteiger charge is 2.58. The molecule has 5 rings (SSSR count). The summed E-state index contributed by atoms with van der Waals surface area (Å²) in [5.74, 6) is 4.95. The topological polar surface area (TPSA) is 29.1 Å². The third-order valence-electron chi connectivity index (χ3n) is 9.92. The van der Waals surface area contributed by atoms with Gasteiger partial charge in [-0.05, 0) is 117 Å². The SMILES string of the molecule is Cc1ccc(NC(=O)C2CCC3C4CCC5CC(C)CCC5C4CCC23C)c(F)c1. The van der Waals surface area contributed by atoms with Gasteiger partial charge in [0.1, 0.15) is 5.82 Å². The molecule has 1 N–H and O–H groups in total. The minimum atomic E-state index is -0.323. The van der Waals surface area contributed by atoms with Crippen LogP contribution in [0.3, 0.4) is 0 Å². The second kappa shape index (κ2) is 7.64. The molecule has 1 aromatic carbocycles. The largest absolute Gasteiger partial charge is 0.323 e. The van der Waals surface area contributed by atoms with Gasteiger partial charge in [0.2, 0.25) is 5.91 Å². The lowest BCUT2D eigenvalue weighted by Gasteiger charge is -2.56. The van der Waals surface area contributed by atoms with E-state index in [2.05, 4.69) is 19.2 Å². The van der Waals surface area contributed by atoms with Crippen molar-refractivity contribution < 1.29 is 9.18 Å². The zero-order valence-corrected chi connectivity index (χ0v) is 18.9. The van der Waals surface area contributed by atoms with Crippen molar-refractivity contribution in [3.8, 4) is 0 Å². The number of carbonyl (C=O) groups excluding carboxylic acids is 1. The van der Waals surface area contributed by atoms with Gasteiger partial charge in [-0.2, -0.15) is 0 Å². The molecule has 4 aliphatic carbocycles. The van der Waals surface area contributed by atoms with Gasteiger partial charge < -0.3 is 5.32 Å². The summed E-state index contributed by atoms with van der Waals surface area (Å²) in [4.78, 5) is 13.3. The van der Waals surface area contributed by atoms with E-state index >= 15 is 0 Å². The number of halogens is 1. The number of hydrogen-bond donors (Lipinski definition) is 1. The first-order valence-corrected chi connectivity index (χ1v) is 12.4. The number of nitrogens with one attached hydrogen (secondary N) is 1. The standard InChI is InChI=1S/C27H38FNO/c1-16-4-7-19-18(14-16)6-8-21-20(19)12-13-27(3)22(21)9-10-23(27)26(30)29-25-11-5-17(2)15-24(25)28/h5,11,15-16,18-23H,4,6-10,12-14H2,1-3H3,(H,29,30). The highest BCUT2D eigenvalue weighted by atomic mass is 19.1. The first kappa shape index (κ1) is 20.5. The van der Waals surface area contributed by atoms with Crippen molar-refractivity contribution in [3.63, 3.8) is 0 Å². The lowest BCUT2D eigenvalue weighted by Crippen LogP contribution is -2.49. The van der Waals surface area contributed by atoms with Gasteiger partial charge >= 0.3 is 0 Å². The average molecular weight is 412 g/mol. The Morgan fingerprint density at radius 1 is 1.03 bits per heavy atom. The van der Waals surface area contributed by atoms with Crippen molar-refractivity contribution in [2.45, 2.75) is 78.6 Å². The van der Waals surface area contributed by atoms with Crippen LogP contribution in [-0.4, -0.2) is 5.91 Å². The molecule has 0 saturated heterocycles. The molecule has 0 spiro atoms. The van der Waals surface area contributed by atoms with E-state index in [0.717, 1.165) is 41.6 Å². The summed E-state index contributed by atoms with van der Waals surface area (Å²) in [6, 6.07) is 5.08. The fourth-order valence-corrected chi connectivity index (χ4v) is 8.46. The summed E-state index contributed by atoms with van der Waals surface area (Å²) in [6.45, 7) is 6.69. The Morgan fingerprint density at radius 2 is 1.83 bits per heavy atom. The molecule has 0 bridgehead atoms. The maximum atomic E-state index is 14.3. The molecule has 2 nitrogen and oxygen atoms in total. The molecule has 3 heteroatoms. The number of carbonyl (C=O) groups is 1. The fraction of sp³-hybridized carbons (Fsp3) is 0.741. The van der Waals surface area contributed by atoms with E-state index in [1.54, 1.807) is 6.07 Å². The van der Waals surface area contributed by atoms with Crippen molar-refractivity contribution >= 4 is 11.6 Å². The zero-order valence-electron chi connectivity index (χ0n) is 18.9. The maximum Gasteiger partial charge on any atom is 0.228 e. The molecule has 1 amide bonds. The second-order valence-electron chi connectivity index (χ2n) is 11.5. The van der Waals surface area contributed by atoms with Crippen LogP contribution >= 0.6 is 0 Å². The van der Waals surface area contributed by atoms with Crippen LogP contribution in [0.15, 0.2) is 18.2 Å². The van der Waals surface area contributed by atoms with E-state index < -0.39 is 0 Å². The first-order valence-electron chi connectivity index (χ1n) is 12.4. The summed E-state index contributed by atoms with van der Waals surface area (Å²) < 4.78 is 14.3. The lowest BCUT2D eigenvalue weighted by atomic mass is 9.49. The third kappa shape index (κ3) is 3.31. The minimum absolute atomic E-state index is 0.0215. The number of benzene rings is 1. The number of aryl methyl sites for hydroxylation is 1. The van der Waals surface area contributed by atoms with Crippen LogP contribution in [0.5, 0.6) is 0 Å². The molecule has 30 heavy (non-hydrogen) atoms. The van der Waals surface area contributed by atoms with Gasteiger partial charge in [-0.15, -0.1) is 0 Å². The summed E-state index contributed by atoms with van der Waals surface area (Å²) >= 11 is 0. The van der Waals surface area contributed by atoms with Gasteiger partial charge in [0.05, 0.1) is 5.69 Å². The smallest absolute Gasteiger partial charge is 0.228 e. The molecular formula is C27H38FNO. The minimum Gasteiger partial charge on any atom is -0.323 e. The molecule has 0 aromatic heterocycles. The van der Waals surface area contributed by atoms with Crippen LogP contribution in [0.1, 0.15) is 77.2 Å². The average Bonchev–Trinajstić information content (AvgIpc) is 3.07. The van der Waals surface area contributed by atoms with Gasteiger partial charge in [-0.1, -0.05) is 26.3 Å². The van der Waals surface area contributed by atoms with Crippen molar-refractivity contribution in [3.05, 3.63) is 29.6 Å². The maximum absolute atomic E-state index is 14.3. The number of hydrogen-bond acceptors (Lipinski definition) is 1. The molecule has 0 aliphatic heterocycles. The molecule has 4 saturated carbocycles. The molecule has 8 unspecified atom stereocenters. The predicted molar refractivity (Wildman–Crippen MR) is 120 cm³/mol. The van der Waals surface area contributed by atoms with Crippen molar-refractivity contribution in [1.82, 2.24) is 0 Å². The molecule has 0 heterocycles. The summed E-state index contributed by atoms with van der Waals surface area (Å²) in [5.41, 5.74) is 1.30. The van der Waals surface area contributed by atoms with Crippen molar-refractivity contribution in [1.29, 1.82) is 0 Å². The van der Waals surface area contributed by atoms with E-state index in [-0.39, 0.29) is 23.1 Å².